The summed E-state index contributed by atoms with van der Waals surface area (Å²) in [4.78, 5) is 4.17. The lowest BCUT2D eigenvalue weighted by Gasteiger charge is -2.06. The van der Waals surface area contributed by atoms with E-state index in [1.165, 1.54) is 0 Å². The highest BCUT2D eigenvalue weighted by molar-refractivity contribution is 5.20. The Morgan fingerprint density at radius 1 is 1.62 bits per heavy atom. The third-order valence-corrected chi connectivity index (χ3v) is 2.10. The smallest absolute Gasteiger partial charge is 0.191 e. The highest BCUT2D eigenvalue weighted by Gasteiger charge is 2.18. The van der Waals surface area contributed by atoms with E-state index in [4.69, 9.17) is 14.9 Å². The van der Waals surface area contributed by atoms with Crippen molar-refractivity contribution in [2.24, 2.45) is 5.73 Å². The molecule has 4 nitrogen and oxygen atoms in total. The van der Waals surface area contributed by atoms with E-state index in [1.54, 1.807) is 19.4 Å². The average molecular weight is 180 g/mol. The first-order valence-electron chi connectivity index (χ1n) is 4.25. The van der Waals surface area contributed by atoms with Crippen molar-refractivity contribution in [2.75, 3.05) is 6.61 Å². The molecule has 1 aromatic heterocycles. The minimum absolute atomic E-state index is 0.181. The second-order valence-electron chi connectivity index (χ2n) is 3.08. The molecule has 13 heavy (non-hydrogen) atoms. The summed E-state index contributed by atoms with van der Waals surface area (Å²) in [5.41, 5.74) is 7.79. The monoisotopic (exact) mass is 180 g/mol. The summed E-state index contributed by atoms with van der Waals surface area (Å²) in [5, 5.41) is 0. The van der Waals surface area contributed by atoms with Crippen LogP contribution in [-0.4, -0.2) is 11.6 Å². The molecule has 0 saturated carbocycles. The van der Waals surface area contributed by atoms with Crippen molar-refractivity contribution < 1.29 is 9.15 Å². The van der Waals surface area contributed by atoms with Crippen LogP contribution >= 0.6 is 0 Å². The van der Waals surface area contributed by atoms with Gasteiger partial charge in [0.1, 0.15) is 12.0 Å². The number of rotatable bonds is 2. The number of ether oxygens (including phenoxy) is 1. The fourth-order valence-corrected chi connectivity index (χ4v) is 1.34. The normalized spacial score (nSPS) is 18.2. The zero-order valence-electron chi connectivity index (χ0n) is 7.49. The van der Waals surface area contributed by atoms with Gasteiger partial charge in [-0.2, -0.15) is 0 Å². The van der Waals surface area contributed by atoms with Crippen LogP contribution in [0.4, 0.5) is 0 Å². The van der Waals surface area contributed by atoms with Gasteiger partial charge in [-0.25, -0.2) is 4.98 Å². The lowest BCUT2D eigenvalue weighted by molar-refractivity contribution is 0.281. The van der Waals surface area contributed by atoms with Gasteiger partial charge >= 0.3 is 0 Å². The Labute approximate surface area is 76.4 Å². The maximum absolute atomic E-state index is 5.94. The highest BCUT2D eigenvalue weighted by atomic mass is 16.5. The molecule has 70 valence electrons. The first-order valence-corrected chi connectivity index (χ1v) is 4.25. The Morgan fingerprint density at radius 3 is 3.00 bits per heavy atom. The molecule has 1 aliphatic heterocycles. The summed E-state index contributed by atoms with van der Waals surface area (Å²) < 4.78 is 10.2. The van der Waals surface area contributed by atoms with Crippen LogP contribution in [0.2, 0.25) is 0 Å². The molecule has 0 fully saturated rings. The summed E-state index contributed by atoms with van der Waals surface area (Å²) in [6.07, 6.45) is 4.20. The lowest BCUT2D eigenvalue weighted by Crippen LogP contribution is -2.12. The van der Waals surface area contributed by atoms with Crippen molar-refractivity contribution >= 4 is 0 Å². The molecule has 0 radical (unpaired) electrons. The van der Waals surface area contributed by atoms with E-state index in [0.717, 1.165) is 24.3 Å². The van der Waals surface area contributed by atoms with E-state index in [1.807, 2.05) is 0 Å². The molecule has 2 N–H and O–H groups in total. The summed E-state index contributed by atoms with van der Waals surface area (Å²) in [6.45, 7) is 2.52. The van der Waals surface area contributed by atoms with Crippen molar-refractivity contribution in [1.29, 1.82) is 0 Å². The standard InChI is InChI=1S/C9H12N2O2/c1-6-11-8(5-13-6)9(10)7-2-3-12-4-7/h4-5,9H,2-3,10H2,1H3. The van der Waals surface area contributed by atoms with E-state index in [9.17, 15) is 0 Å². The van der Waals surface area contributed by atoms with Crippen molar-refractivity contribution in [3.63, 3.8) is 0 Å². The topological polar surface area (TPSA) is 61.3 Å². The van der Waals surface area contributed by atoms with Gasteiger partial charge in [0.05, 0.1) is 18.9 Å². The molecule has 1 unspecified atom stereocenters. The van der Waals surface area contributed by atoms with E-state index >= 15 is 0 Å². The Morgan fingerprint density at radius 2 is 2.46 bits per heavy atom. The first kappa shape index (κ1) is 8.31. The van der Waals surface area contributed by atoms with Gasteiger partial charge < -0.3 is 14.9 Å². The molecule has 2 rings (SSSR count). The number of hydrogen-bond donors (Lipinski definition) is 1. The van der Waals surface area contributed by atoms with Gasteiger partial charge in [0.15, 0.2) is 5.89 Å². The predicted octanol–water partition coefficient (Wildman–Crippen LogP) is 1.29. The predicted molar refractivity (Wildman–Crippen MR) is 46.8 cm³/mol. The molecular weight excluding hydrogens is 168 g/mol. The molecule has 1 atom stereocenters. The molecule has 0 amide bonds. The second kappa shape index (κ2) is 3.22. The van der Waals surface area contributed by atoms with Crippen molar-refractivity contribution in [3.05, 3.63) is 29.7 Å². The molecule has 0 saturated heterocycles. The number of aryl methyl sites for hydroxylation is 1. The molecule has 0 bridgehead atoms. The molecule has 0 aromatic carbocycles. The van der Waals surface area contributed by atoms with Crippen LogP contribution < -0.4 is 5.73 Å². The fraction of sp³-hybridized carbons (Fsp3) is 0.444. The molecule has 0 aliphatic carbocycles. The SMILES string of the molecule is Cc1nc(C(N)C2=COCC2)co1. The van der Waals surface area contributed by atoms with Crippen molar-refractivity contribution in [1.82, 2.24) is 4.98 Å². The van der Waals surface area contributed by atoms with Crippen LogP contribution in [0.25, 0.3) is 0 Å². The van der Waals surface area contributed by atoms with E-state index in [-0.39, 0.29) is 6.04 Å². The lowest BCUT2D eigenvalue weighted by atomic mass is 10.1. The van der Waals surface area contributed by atoms with Crippen LogP contribution in [0.1, 0.15) is 24.0 Å². The van der Waals surface area contributed by atoms with Gasteiger partial charge in [-0.1, -0.05) is 0 Å². The van der Waals surface area contributed by atoms with Crippen LogP contribution in [0.3, 0.4) is 0 Å². The van der Waals surface area contributed by atoms with Gasteiger partial charge in [0, 0.05) is 13.3 Å². The second-order valence-corrected chi connectivity index (χ2v) is 3.08. The van der Waals surface area contributed by atoms with Crippen LogP contribution in [0.15, 0.2) is 22.5 Å². The summed E-state index contributed by atoms with van der Waals surface area (Å²) in [7, 11) is 0. The van der Waals surface area contributed by atoms with Gasteiger partial charge in [0.2, 0.25) is 0 Å². The Kier molecular flexibility index (Phi) is 2.06. The first-order chi connectivity index (χ1) is 6.27. The molecular formula is C9H12N2O2. The molecule has 1 aliphatic rings. The van der Waals surface area contributed by atoms with Crippen LogP contribution in [-0.2, 0) is 4.74 Å². The van der Waals surface area contributed by atoms with Crippen LogP contribution in [0.5, 0.6) is 0 Å². The van der Waals surface area contributed by atoms with Gasteiger partial charge in [0.25, 0.3) is 0 Å². The Hall–Kier alpha value is -1.29. The summed E-state index contributed by atoms with van der Waals surface area (Å²) in [6, 6.07) is -0.181. The minimum Gasteiger partial charge on any atom is -0.501 e. The highest BCUT2D eigenvalue weighted by Crippen LogP contribution is 2.24. The zero-order valence-corrected chi connectivity index (χ0v) is 7.49. The van der Waals surface area contributed by atoms with Crippen molar-refractivity contribution in [2.45, 2.75) is 19.4 Å². The number of oxazole rings is 1. The number of hydrogen-bond acceptors (Lipinski definition) is 4. The molecule has 0 spiro atoms. The third kappa shape index (κ3) is 1.58. The van der Waals surface area contributed by atoms with E-state index in [0.29, 0.717) is 5.89 Å². The van der Waals surface area contributed by atoms with Crippen molar-refractivity contribution in [3.8, 4) is 0 Å². The van der Waals surface area contributed by atoms with Gasteiger partial charge in [-0.15, -0.1) is 0 Å². The van der Waals surface area contributed by atoms with Crippen LogP contribution in [0, 0.1) is 6.92 Å². The summed E-state index contributed by atoms with van der Waals surface area (Å²) >= 11 is 0. The maximum atomic E-state index is 5.94. The van der Waals surface area contributed by atoms with Gasteiger partial charge in [-0.3, -0.25) is 0 Å². The maximum Gasteiger partial charge on any atom is 0.191 e. The molecule has 4 heteroatoms. The largest absolute Gasteiger partial charge is 0.501 e. The van der Waals surface area contributed by atoms with E-state index < -0.39 is 0 Å². The van der Waals surface area contributed by atoms with Gasteiger partial charge in [-0.05, 0) is 5.57 Å². The summed E-state index contributed by atoms with van der Waals surface area (Å²) in [5.74, 6) is 0.643. The zero-order chi connectivity index (χ0) is 9.26. The molecule has 2 heterocycles. The minimum atomic E-state index is -0.181. The number of nitrogens with zero attached hydrogens (tertiary/aromatic N) is 1. The number of nitrogens with two attached hydrogens (primary N) is 1. The quantitative estimate of drug-likeness (QED) is 0.744. The number of aromatic nitrogens is 1. The third-order valence-electron chi connectivity index (χ3n) is 2.10. The Balaban J connectivity index is 2.16. The average Bonchev–Trinajstić information content (AvgIpc) is 2.72. The Bertz CT molecular complexity index is 330. The van der Waals surface area contributed by atoms with E-state index in [2.05, 4.69) is 4.98 Å². The molecule has 1 aromatic rings. The fourth-order valence-electron chi connectivity index (χ4n) is 1.34.